The van der Waals surface area contributed by atoms with E-state index in [4.69, 9.17) is 5.73 Å². The molecule has 0 aliphatic carbocycles. The van der Waals surface area contributed by atoms with Gasteiger partial charge in [-0.05, 0) is 31.5 Å². The molecule has 1 aromatic carbocycles. The minimum atomic E-state index is -0.830. The minimum absolute atomic E-state index is 0.213. The number of nitrogens with two attached hydrogens (primary N) is 1. The number of amides is 3. The van der Waals surface area contributed by atoms with E-state index in [1.807, 2.05) is 24.3 Å². The number of hydrogen-bond donors (Lipinski definition) is 2. The average Bonchev–Trinajstić information content (AvgIpc) is 2.60. The van der Waals surface area contributed by atoms with Crippen LogP contribution >= 0.6 is 0 Å². The lowest BCUT2D eigenvalue weighted by molar-refractivity contribution is -0.130. The summed E-state index contributed by atoms with van der Waals surface area (Å²) in [6.45, 7) is 3.97. The standard InChI is InChI=1S/C15H17N3O2/c1-15(2)13(19)18(14(20)17-15)10-12-7-5-11(6-8-12)4-3-9-16/h5-8H,9-10,16H2,1-2H3,(H,17,20). The van der Waals surface area contributed by atoms with Crippen LogP contribution in [0.5, 0.6) is 0 Å². The van der Waals surface area contributed by atoms with Crippen molar-refractivity contribution in [3.8, 4) is 11.8 Å². The minimum Gasteiger partial charge on any atom is -0.324 e. The molecular formula is C15H17N3O2. The van der Waals surface area contributed by atoms with Crippen LogP contribution in [0.2, 0.25) is 0 Å². The highest BCUT2D eigenvalue weighted by molar-refractivity contribution is 6.06. The number of nitrogens with one attached hydrogen (secondary N) is 1. The summed E-state index contributed by atoms with van der Waals surface area (Å²) >= 11 is 0. The quantitative estimate of drug-likeness (QED) is 0.618. The topological polar surface area (TPSA) is 75.4 Å². The van der Waals surface area contributed by atoms with Crippen molar-refractivity contribution < 1.29 is 9.59 Å². The fourth-order valence-corrected chi connectivity index (χ4v) is 1.99. The van der Waals surface area contributed by atoms with Gasteiger partial charge in [-0.25, -0.2) is 4.79 Å². The number of benzene rings is 1. The van der Waals surface area contributed by atoms with E-state index in [1.54, 1.807) is 13.8 Å². The van der Waals surface area contributed by atoms with Crippen molar-refractivity contribution in [1.82, 2.24) is 10.2 Å². The van der Waals surface area contributed by atoms with Crippen LogP contribution < -0.4 is 11.1 Å². The van der Waals surface area contributed by atoms with Gasteiger partial charge in [-0.3, -0.25) is 9.69 Å². The lowest BCUT2D eigenvalue weighted by atomic mass is 10.1. The van der Waals surface area contributed by atoms with Crippen LogP contribution in [-0.2, 0) is 11.3 Å². The van der Waals surface area contributed by atoms with Gasteiger partial charge in [0.15, 0.2) is 0 Å². The Kier molecular flexibility index (Phi) is 3.77. The molecule has 0 radical (unpaired) electrons. The molecule has 1 aromatic rings. The van der Waals surface area contributed by atoms with Crippen LogP contribution in [0.4, 0.5) is 4.79 Å². The summed E-state index contributed by atoms with van der Waals surface area (Å²) in [5, 5.41) is 2.65. The average molecular weight is 271 g/mol. The lowest BCUT2D eigenvalue weighted by Gasteiger charge is -2.16. The largest absolute Gasteiger partial charge is 0.325 e. The first kappa shape index (κ1) is 14.1. The second-order valence-corrected chi connectivity index (χ2v) is 5.15. The van der Waals surface area contributed by atoms with E-state index in [2.05, 4.69) is 17.2 Å². The number of imide groups is 1. The van der Waals surface area contributed by atoms with Gasteiger partial charge in [0.2, 0.25) is 0 Å². The van der Waals surface area contributed by atoms with Gasteiger partial charge >= 0.3 is 6.03 Å². The van der Waals surface area contributed by atoms with Crippen LogP contribution in [0.15, 0.2) is 24.3 Å². The summed E-state index contributed by atoms with van der Waals surface area (Å²) in [5.74, 6) is 5.48. The highest BCUT2D eigenvalue weighted by atomic mass is 16.2. The maximum absolute atomic E-state index is 12.1. The van der Waals surface area contributed by atoms with Gasteiger partial charge in [0.25, 0.3) is 5.91 Å². The summed E-state index contributed by atoms with van der Waals surface area (Å²) in [4.78, 5) is 25.0. The summed E-state index contributed by atoms with van der Waals surface area (Å²) in [5.41, 5.74) is 6.22. The first-order valence-electron chi connectivity index (χ1n) is 6.36. The maximum atomic E-state index is 12.1. The summed E-state index contributed by atoms with van der Waals surface area (Å²) < 4.78 is 0. The van der Waals surface area contributed by atoms with Gasteiger partial charge in [-0.2, -0.15) is 0 Å². The molecule has 104 valence electrons. The van der Waals surface area contributed by atoms with E-state index < -0.39 is 5.54 Å². The van der Waals surface area contributed by atoms with E-state index in [0.717, 1.165) is 11.1 Å². The van der Waals surface area contributed by atoms with Crippen LogP contribution in [-0.4, -0.2) is 28.9 Å². The Morgan fingerprint density at radius 2 is 1.90 bits per heavy atom. The summed E-state index contributed by atoms with van der Waals surface area (Å²) in [6, 6.07) is 7.05. The molecule has 3 N–H and O–H groups in total. The highest BCUT2D eigenvalue weighted by Gasteiger charge is 2.43. The zero-order valence-electron chi connectivity index (χ0n) is 11.6. The Morgan fingerprint density at radius 3 is 2.40 bits per heavy atom. The maximum Gasteiger partial charge on any atom is 0.325 e. The zero-order valence-corrected chi connectivity index (χ0v) is 11.6. The molecule has 0 unspecified atom stereocenters. The Bertz CT molecular complexity index is 594. The Labute approximate surface area is 118 Å². The predicted octanol–water partition coefficient (Wildman–Crippen LogP) is 0.827. The van der Waals surface area contributed by atoms with Crippen molar-refractivity contribution in [2.75, 3.05) is 6.54 Å². The zero-order chi connectivity index (χ0) is 14.8. The fraction of sp³-hybridized carbons (Fsp3) is 0.333. The molecule has 3 amide bonds. The first-order valence-corrected chi connectivity index (χ1v) is 6.36. The van der Waals surface area contributed by atoms with Crippen molar-refractivity contribution in [3.63, 3.8) is 0 Å². The van der Waals surface area contributed by atoms with Gasteiger partial charge in [0, 0.05) is 5.56 Å². The van der Waals surface area contributed by atoms with Crippen molar-refractivity contribution in [1.29, 1.82) is 0 Å². The van der Waals surface area contributed by atoms with Gasteiger partial charge in [0.1, 0.15) is 5.54 Å². The summed E-state index contributed by atoms with van der Waals surface area (Å²) in [6.07, 6.45) is 0. The van der Waals surface area contributed by atoms with Crippen molar-refractivity contribution >= 4 is 11.9 Å². The van der Waals surface area contributed by atoms with E-state index in [9.17, 15) is 9.59 Å². The summed E-state index contributed by atoms with van der Waals surface area (Å²) in [7, 11) is 0. The number of hydrogen-bond acceptors (Lipinski definition) is 3. The van der Waals surface area contributed by atoms with Crippen molar-refractivity contribution in [2.24, 2.45) is 5.73 Å². The van der Waals surface area contributed by atoms with E-state index >= 15 is 0 Å². The molecule has 1 fully saturated rings. The molecule has 1 heterocycles. The number of carbonyl (C=O) groups is 2. The van der Waals surface area contributed by atoms with Gasteiger partial charge in [0.05, 0.1) is 13.1 Å². The molecule has 0 aromatic heterocycles. The second-order valence-electron chi connectivity index (χ2n) is 5.15. The third-order valence-electron chi connectivity index (χ3n) is 3.07. The van der Waals surface area contributed by atoms with Crippen molar-refractivity contribution in [2.45, 2.75) is 25.9 Å². The smallest absolute Gasteiger partial charge is 0.324 e. The highest BCUT2D eigenvalue weighted by Crippen LogP contribution is 2.19. The van der Waals surface area contributed by atoms with Gasteiger partial charge < -0.3 is 11.1 Å². The molecule has 1 aliphatic heterocycles. The molecule has 0 bridgehead atoms. The van der Waals surface area contributed by atoms with E-state index in [-0.39, 0.29) is 18.5 Å². The van der Waals surface area contributed by atoms with Crippen LogP contribution in [0.1, 0.15) is 25.0 Å². The SMILES string of the molecule is CC1(C)NC(=O)N(Cc2ccc(C#CCN)cc2)C1=O. The molecule has 0 atom stereocenters. The molecule has 1 aliphatic rings. The van der Waals surface area contributed by atoms with E-state index in [0.29, 0.717) is 6.54 Å². The molecule has 20 heavy (non-hydrogen) atoms. The Morgan fingerprint density at radius 1 is 1.25 bits per heavy atom. The number of urea groups is 1. The molecular weight excluding hydrogens is 254 g/mol. The normalized spacial score (nSPS) is 16.6. The fourth-order valence-electron chi connectivity index (χ4n) is 1.99. The first-order chi connectivity index (χ1) is 9.44. The van der Waals surface area contributed by atoms with Gasteiger partial charge in [-0.1, -0.05) is 24.0 Å². The monoisotopic (exact) mass is 271 g/mol. The van der Waals surface area contributed by atoms with E-state index in [1.165, 1.54) is 4.90 Å². The molecule has 5 nitrogen and oxygen atoms in total. The molecule has 2 rings (SSSR count). The molecule has 0 saturated carbocycles. The number of carbonyl (C=O) groups excluding carboxylic acids is 2. The van der Waals surface area contributed by atoms with Crippen LogP contribution in [0.3, 0.4) is 0 Å². The lowest BCUT2D eigenvalue weighted by Crippen LogP contribution is -2.40. The molecule has 0 spiro atoms. The van der Waals surface area contributed by atoms with Crippen molar-refractivity contribution in [3.05, 3.63) is 35.4 Å². The van der Waals surface area contributed by atoms with Gasteiger partial charge in [-0.15, -0.1) is 0 Å². The third-order valence-corrected chi connectivity index (χ3v) is 3.07. The number of nitrogens with zero attached hydrogens (tertiary/aromatic N) is 1. The number of rotatable bonds is 2. The second kappa shape index (κ2) is 5.35. The third kappa shape index (κ3) is 2.81. The Balaban J connectivity index is 2.11. The van der Waals surface area contributed by atoms with Crippen LogP contribution in [0, 0.1) is 11.8 Å². The molecule has 1 saturated heterocycles. The molecule has 5 heteroatoms. The van der Waals surface area contributed by atoms with Crippen LogP contribution in [0.25, 0.3) is 0 Å². The predicted molar refractivity (Wildman–Crippen MR) is 75.5 cm³/mol. The Hall–Kier alpha value is -2.32.